The van der Waals surface area contributed by atoms with E-state index in [2.05, 4.69) is 0 Å². The van der Waals surface area contributed by atoms with Crippen LogP contribution in [-0.2, 0) is 23.8 Å². The Morgan fingerprint density at radius 1 is 1.04 bits per heavy atom. The number of hydrogen-bond acceptors (Lipinski definition) is 7. The van der Waals surface area contributed by atoms with Crippen LogP contribution in [0.4, 0.5) is 0 Å². The summed E-state index contributed by atoms with van der Waals surface area (Å²) >= 11 is 0. The molecule has 3 atom stereocenters. The molecule has 7 nitrogen and oxygen atoms in total. The third kappa shape index (κ3) is 5.02. The van der Waals surface area contributed by atoms with Crippen LogP contribution in [0.15, 0.2) is 54.1 Å². The number of hydrogen-bond donors (Lipinski definition) is 1. The largest absolute Gasteiger partial charge is 0.455 e. The van der Waals surface area contributed by atoms with Gasteiger partial charge >= 0.3 is 17.9 Å². The highest BCUT2D eigenvalue weighted by Crippen LogP contribution is 2.24. The van der Waals surface area contributed by atoms with Gasteiger partial charge in [-0.15, -0.1) is 0 Å². The van der Waals surface area contributed by atoms with Crippen molar-refractivity contribution in [3.05, 3.63) is 59.7 Å². The minimum absolute atomic E-state index is 0.143. The van der Waals surface area contributed by atoms with Crippen molar-refractivity contribution < 1.29 is 33.7 Å². The lowest BCUT2D eigenvalue weighted by Crippen LogP contribution is -2.40. The summed E-state index contributed by atoms with van der Waals surface area (Å²) in [5.74, 6) is -2.06. The summed E-state index contributed by atoms with van der Waals surface area (Å²) in [6, 6.07) is 8.14. The summed E-state index contributed by atoms with van der Waals surface area (Å²) in [6.45, 7) is 2.33. The smallest absolute Gasteiger partial charge is 0.341 e. The molecule has 0 saturated carbocycles. The van der Waals surface area contributed by atoms with E-state index in [0.29, 0.717) is 0 Å². The molecule has 1 unspecified atom stereocenters. The zero-order chi connectivity index (χ0) is 18.4. The van der Waals surface area contributed by atoms with Gasteiger partial charge in [-0.1, -0.05) is 36.4 Å². The van der Waals surface area contributed by atoms with Crippen LogP contribution in [0.1, 0.15) is 24.2 Å². The zero-order valence-electron chi connectivity index (χ0n) is 13.7. The fourth-order valence-corrected chi connectivity index (χ4v) is 2.25. The normalized spacial score (nSPS) is 20.2. The van der Waals surface area contributed by atoms with E-state index in [1.165, 1.54) is 25.2 Å². The molecule has 1 N–H and O–H groups in total. The summed E-state index contributed by atoms with van der Waals surface area (Å²) in [7, 11) is 0. The summed E-state index contributed by atoms with van der Waals surface area (Å²) in [6.07, 6.45) is 0.641. The molecule has 0 aliphatic heterocycles. The minimum atomic E-state index is -1.44. The van der Waals surface area contributed by atoms with Crippen molar-refractivity contribution in [3.8, 4) is 0 Å². The standard InChI is InChI=1S/C18H18O7/c1-11(19)23-16-14(9-6-10-15(16)21)18(24-12(2)20)25-17(22)13-7-4-3-5-8-13/h3-10,15-16,18,21H,1-2H3/t15-,16-,18?/m1/s1. The van der Waals surface area contributed by atoms with E-state index in [9.17, 15) is 19.5 Å². The number of carbonyl (C=O) groups excluding carboxylic acids is 3. The predicted molar refractivity (Wildman–Crippen MR) is 86.2 cm³/mol. The van der Waals surface area contributed by atoms with Gasteiger partial charge in [0, 0.05) is 13.8 Å². The molecule has 0 heterocycles. The van der Waals surface area contributed by atoms with E-state index in [1.54, 1.807) is 30.3 Å². The second-order valence-corrected chi connectivity index (χ2v) is 5.28. The third-order valence-corrected chi connectivity index (χ3v) is 3.30. The number of aliphatic hydroxyl groups is 1. The van der Waals surface area contributed by atoms with Crippen molar-refractivity contribution in [2.75, 3.05) is 0 Å². The second-order valence-electron chi connectivity index (χ2n) is 5.28. The fraction of sp³-hybridized carbons (Fsp3) is 0.278. The first-order valence-electron chi connectivity index (χ1n) is 7.55. The monoisotopic (exact) mass is 346 g/mol. The van der Waals surface area contributed by atoms with Crippen molar-refractivity contribution in [1.29, 1.82) is 0 Å². The van der Waals surface area contributed by atoms with Crippen LogP contribution in [0.25, 0.3) is 0 Å². The van der Waals surface area contributed by atoms with Gasteiger partial charge in [-0.05, 0) is 12.1 Å². The van der Waals surface area contributed by atoms with Crippen LogP contribution in [0.3, 0.4) is 0 Å². The lowest BCUT2D eigenvalue weighted by atomic mass is 9.98. The molecule has 1 aromatic carbocycles. The summed E-state index contributed by atoms with van der Waals surface area (Å²) in [5, 5.41) is 10.0. The average molecular weight is 346 g/mol. The van der Waals surface area contributed by atoms with Gasteiger partial charge in [0.25, 0.3) is 6.29 Å². The summed E-state index contributed by atoms with van der Waals surface area (Å²) < 4.78 is 15.4. The molecule has 1 aliphatic carbocycles. The summed E-state index contributed by atoms with van der Waals surface area (Å²) in [5.41, 5.74) is 0.404. The number of esters is 3. The van der Waals surface area contributed by atoms with Gasteiger partial charge in [-0.3, -0.25) is 9.59 Å². The third-order valence-electron chi connectivity index (χ3n) is 3.30. The molecule has 0 radical (unpaired) electrons. The van der Waals surface area contributed by atoms with Gasteiger partial charge in [-0.25, -0.2) is 4.79 Å². The number of ether oxygens (including phenoxy) is 3. The van der Waals surface area contributed by atoms with Gasteiger partial charge < -0.3 is 19.3 Å². The maximum Gasteiger partial charge on any atom is 0.341 e. The highest BCUT2D eigenvalue weighted by Gasteiger charge is 2.35. The Bertz CT molecular complexity index is 705. The van der Waals surface area contributed by atoms with Crippen LogP contribution in [0.2, 0.25) is 0 Å². The molecule has 0 amide bonds. The molecule has 0 aromatic heterocycles. The average Bonchev–Trinajstić information content (AvgIpc) is 2.56. The molecule has 1 aromatic rings. The molecule has 1 aliphatic rings. The Labute approximate surface area is 144 Å². The predicted octanol–water partition coefficient (Wildman–Crippen LogP) is 1.52. The van der Waals surface area contributed by atoms with E-state index in [1.807, 2.05) is 0 Å². The van der Waals surface area contributed by atoms with E-state index in [0.717, 1.165) is 6.92 Å². The Balaban J connectivity index is 2.27. The van der Waals surface area contributed by atoms with Gasteiger partial charge in [0.1, 0.15) is 6.10 Å². The molecule has 0 bridgehead atoms. The van der Waals surface area contributed by atoms with Gasteiger partial charge in [0.2, 0.25) is 0 Å². The summed E-state index contributed by atoms with van der Waals surface area (Å²) in [4.78, 5) is 34.9. The lowest BCUT2D eigenvalue weighted by Gasteiger charge is -2.29. The minimum Gasteiger partial charge on any atom is -0.455 e. The molecule has 132 valence electrons. The Morgan fingerprint density at radius 3 is 2.32 bits per heavy atom. The number of allylic oxidation sites excluding steroid dienone is 2. The Kier molecular flexibility index (Phi) is 6.08. The van der Waals surface area contributed by atoms with Crippen LogP contribution in [-0.4, -0.2) is 41.5 Å². The SMILES string of the molecule is CC(=O)OC(OC(=O)c1ccccc1)C1=CC=C[C@@H](O)[C@@H]1OC(C)=O. The fourth-order valence-electron chi connectivity index (χ4n) is 2.25. The molecule has 25 heavy (non-hydrogen) atoms. The van der Waals surface area contributed by atoms with Crippen molar-refractivity contribution in [2.45, 2.75) is 32.3 Å². The van der Waals surface area contributed by atoms with Crippen LogP contribution >= 0.6 is 0 Å². The molecule has 0 spiro atoms. The van der Waals surface area contributed by atoms with Crippen LogP contribution in [0.5, 0.6) is 0 Å². The molecular weight excluding hydrogens is 328 g/mol. The molecule has 2 rings (SSSR count). The van der Waals surface area contributed by atoms with E-state index in [4.69, 9.17) is 14.2 Å². The van der Waals surface area contributed by atoms with Crippen molar-refractivity contribution in [3.63, 3.8) is 0 Å². The Hall–Kier alpha value is -2.93. The molecule has 0 fully saturated rings. The topological polar surface area (TPSA) is 99.1 Å². The number of aliphatic hydroxyl groups excluding tert-OH is 1. The maximum atomic E-state index is 12.3. The van der Waals surface area contributed by atoms with Gasteiger partial charge in [0.05, 0.1) is 11.1 Å². The number of carbonyl (C=O) groups is 3. The first kappa shape index (κ1) is 18.4. The van der Waals surface area contributed by atoms with E-state index in [-0.39, 0.29) is 11.1 Å². The Morgan fingerprint density at radius 2 is 1.72 bits per heavy atom. The molecule has 7 heteroatoms. The van der Waals surface area contributed by atoms with Gasteiger partial charge in [0.15, 0.2) is 6.10 Å². The first-order valence-corrected chi connectivity index (χ1v) is 7.55. The number of rotatable bonds is 5. The van der Waals surface area contributed by atoms with Crippen LogP contribution < -0.4 is 0 Å². The van der Waals surface area contributed by atoms with Crippen molar-refractivity contribution in [1.82, 2.24) is 0 Å². The second kappa shape index (κ2) is 8.25. The van der Waals surface area contributed by atoms with Gasteiger partial charge in [-0.2, -0.15) is 0 Å². The van der Waals surface area contributed by atoms with E-state index < -0.39 is 36.4 Å². The highest BCUT2D eigenvalue weighted by molar-refractivity contribution is 5.89. The zero-order valence-corrected chi connectivity index (χ0v) is 13.7. The van der Waals surface area contributed by atoms with Crippen molar-refractivity contribution in [2.24, 2.45) is 0 Å². The molecular formula is C18H18O7. The quantitative estimate of drug-likeness (QED) is 0.637. The maximum absolute atomic E-state index is 12.3. The van der Waals surface area contributed by atoms with E-state index >= 15 is 0 Å². The van der Waals surface area contributed by atoms with Crippen LogP contribution in [0, 0.1) is 0 Å². The highest BCUT2D eigenvalue weighted by atomic mass is 16.7. The van der Waals surface area contributed by atoms with Crippen molar-refractivity contribution >= 4 is 17.9 Å². The molecule has 0 saturated heterocycles. The first-order chi connectivity index (χ1) is 11.9. The lowest BCUT2D eigenvalue weighted by molar-refractivity contribution is -0.165. The number of benzene rings is 1.